The van der Waals surface area contributed by atoms with Crippen molar-refractivity contribution in [2.45, 2.75) is 38.1 Å². The number of rotatable bonds is 2. The minimum Gasteiger partial charge on any atom is -0.334 e. The quantitative estimate of drug-likeness (QED) is 0.914. The van der Waals surface area contributed by atoms with Crippen LogP contribution >= 0.6 is 11.6 Å². The van der Waals surface area contributed by atoms with Crippen LogP contribution < -0.4 is 5.73 Å². The molecule has 0 spiro atoms. The number of aromatic nitrogens is 2. The third kappa shape index (κ3) is 2.80. The second-order valence-electron chi connectivity index (χ2n) is 5.91. The van der Waals surface area contributed by atoms with Crippen LogP contribution in [0.15, 0.2) is 22.7 Å². The number of hydrogen-bond acceptors (Lipinski definition) is 4. The molecule has 2 aromatic rings. The maximum absolute atomic E-state index is 13.5. The molecular formula is C15H17ClFN3O. The summed E-state index contributed by atoms with van der Waals surface area (Å²) in [5.74, 6) is 0.796. The topological polar surface area (TPSA) is 64.9 Å². The lowest BCUT2D eigenvalue weighted by atomic mass is 9.76. The van der Waals surface area contributed by atoms with Gasteiger partial charge >= 0.3 is 0 Å². The second-order valence-corrected chi connectivity index (χ2v) is 6.32. The van der Waals surface area contributed by atoms with Crippen LogP contribution in [-0.4, -0.2) is 10.1 Å². The van der Waals surface area contributed by atoms with Gasteiger partial charge in [-0.3, -0.25) is 0 Å². The maximum atomic E-state index is 13.5. The molecule has 1 heterocycles. The van der Waals surface area contributed by atoms with Gasteiger partial charge in [0.05, 0.1) is 10.6 Å². The Morgan fingerprint density at radius 2 is 2.29 bits per heavy atom. The van der Waals surface area contributed by atoms with E-state index < -0.39 is 11.4 Å². The van der Waals surface area contributed by atoms with Crippen molar-refractivity contribution in [3.05, 3.63) is 34.9 Å². The van der Waals surface area contributed by atoms with Gasteiger partial charge in [-0.1, -0.05) is 36.5 Å². The third-order valence-corrected chi connectivity index (χ3v) is 4.38. The van der Waals surface area contributed by atoms with Crippen LogP contribution in [0.2, 0.25) is 5.02 Å². The molecular weight excluding hydrogens is 293 g/mol. The molecule has 21 heavy (non-hydrogen) atoms. The minimum absolute atomic E-state index is 0.0647. The van der Waals surface area contributed by atoms with Gasteiger partial charge in [0.2, 0.25) is 0 Å². The molecule has 0 radical (unpaired) electrons. The van der Waals surface area contributed by atoms with E-state index >= 15 is 0 Å². The number of benzene rings is 1. The van der Waals surface area contributed by atoms with E-state index in [1.807, 2.05) is 0 Å². The molecule has 2 atom stereocenters. The van der Waals surface area contributed by atoms with Crippen molar-refractivity contribution < 1.29 is 8.91 Å². The lowest BCUT2D eigenvalue weighted by Gasteiger charge is -2.33. The Balaban J connectivity index is 1.90. The first-order chi connectivity index (χ1) is 9.98. The van der Waals surface area contributed by atoms with Crippen molar-refractivity contribution >= 4 is 11.6 Å². The summed E-state index contributed by atoms with van der Waals surface area (Å²) >= 11 is 5.67. The molecule has 1 aliphatic rings. The molecule has 1 aromatic carbocycles. The van der Waals surface area contributed by atoms with Gasteiger partial charge in [0.25, 0.3) is 5.89 Å². The Labute approximate surface area is 127 Å². The molecule has 0 bridgehead atoms. The third-order valence-electron chi connectivity index (χ3n) is 4.07. The summed E-state index contributed by atoms with van der Waals surface area (Å²) in [5.41, 5.74) is 6.39. The van der Waals surface area contributed by atoms with E-state index in [9.17, 15) is 4.39 Å². The van der Waals surface area contributed by atoms with Gasteiger partial charge in [-0.2, -0.15) is 4.98 Å². The van der Waals surface area contributed by atoms with Crippen molar-refractivity contribution in [3.63, 3.8) is 0 Å². The van der Waals surface area contributed by atoms with Crippen molar-refractivity contribution in [2.24, 2.45) is 11.7 Å². The normalized spacial score (nSPS) is 26.0. The molecule has 112 valence electrons. The van der Waals surface area contributed by atoms with E-state index in [1.165, 1.54) is 18.6 Å². The molecule has 6 heteroatoms. The lowest BCUT2D eigenvalue weighted by Crippen LogP contribution is -2.42. The SMILES string of the molecule is CC1CCCC(N)(c2noc(-c3ccc(Cl)c(F)c3)n2)C1. The summed E-state index contributed by atoms with van der Waals surface area (Å²) in [7, 11) is 0. The molecule has 0 saturated heterocycles. The Morgan fingerprint density at radius 3 is 3.00 bits per heavy atom. The van der Waals surface area contributed by atoms with Gasteiger partial charge < -0.3 is 10.3 Å². The van der Waals surface area contributed by atoms with E-state index in [1.54, 1.807) is 6.07 Å². The van der Waals surface area contributed by atoms with Gasteiger partial charge in [-0.25, -0.2) is 4.39 Å². The molecule has 1 aromatic heterocycles. The summed E-state index contributed by atoms with van der Waals surface area (Å²) in [6, 6.07) is 4.40. The summed E-state index contributed by atoms with van der Waals surface area (Å²) in [6.45, 7) is 2.18. The number of nitrogens with two attached hydrogens (primary N) is 1. The molecule has 0 aliphatic heterocycles. The number of nitrogens with zero attached hydrogens (tertiary/aromatic N) is 2. The largest absolute Gasteiger partial charge is 0.334 e. The maximum Gasteiger partial charge on any atom is 0.258 e. The molecule has 3 rings (SSSR count). The van der Waals surface area contributed by atoms with E-state index in [-0.39, 0.29) is 10.9 Å². The fourth-order valence-corrected chi connectivity index (χ4v) is 3.08. The van der Waals surface area contributed by atoms with Crippen LogP contribution in [0.3, 0.4) is 0 Å². The van der Waals surface area contributed by atoms with E-state index in [0.29, 0.717) is 17.3 Å². The first-order valence-corrected chi connectivity index (χ1v) is 7.44. The molecule has 1 saturated carbocycles. The zero-order chi connectivity index (χ0) is 15.0. The molecule has 1 aliphatic carbocycles. The van der Waals surface area contributed by atoms with Gasteiger partial charge in [0, 0.05) is 5.56 Å². The van der Waals surface area contributed by atoms with Crippen LogP contribution in [0.5, 0.6) is 0 Å². The average Bonchev–Trinajstić information content (AvgIpc) is 2.92. The van der Waals surface area contributed by atoms with Crippen molar-refractivity contribution in [3.8, 4) is 11.5 Å². The van der Waals surface area contributed by atoms with Crippen molar-refractivity contribution in [2.75, 3.05) is 0 Å². The van der Waals surface area contributed by atoms with Gasteiger partial charge in [0.1, 0.15) is 5.82 Å². The lowest BCUT2D eigenvalue weighted by molar-refractivity contribution is 0.222. The standard InChI is InChI=1S/C15H17ClFN3O/c1-9-3-2-6-15(18,8-9)14-19-13(21-20-14)10-4-5-11(16)12(17)7-10/h4-5,7,9H,2-3,6,8,18H2,1H3. The van der Waals surface area contributed by atoms with Gasteiger partial charge in [0.15, 0.2) is 5.82 Å². The number of hydrogen-bond donors (Lipinski definition) is 1. The van der Waals surface area contributed by atoms with Crippen LogP contribution in [0, 0.1) is 11.7 Å². The zero-order valence-electron chi connectivity index (χ0n) is 11.8. The summed E-state index contributed by atoms with van der Waals surface area (Å²) < 4.78 is 18.8. The Bertz CT molecular complexity index is 660. The predicted molar refractivity (Wildman–Crippen MR) is 78.2 cm³/mol. The molecule has 4 nitrogen and oxygen atoms in total. The highest BCUT2D eigenvalue weighted by molar-refractivity contribution is 6.30. The van der Waals surface area contributed by atoms with E-state index in [0.717, 1.165) is 19.3 Å². The predicted octanol–water partition coefficient (Wildman–Crippen LogP) is 3.89. The van der Waals surface area contributed by atoms with E-state index in [2.05, 4.69) is 17.1 Å². The fourth-order valence-electron chi connectivity index (χ4n) is 2.97. The van der Waals surface area contributed by atoms with Gasteiger partial charge in [-0.15, -0.1) is 0 Å². The molecule has 1 fully saturated rings. The van der Waals surface area contributed by atoms with Gasteiger partial charge in [-0.05, 0) is 37.0 Å². The summed E-state index contributed by atoms with van der Waals surface area (Å²) in [4.78, 5) is 4.37. The van der Waals surface area contributed by atoms with E-state index in [4.69, 9.17) is 21.9 Å². The smallest absolute Gasteiger partial charge is 0.258 e. The Kier molecular flexibility index (Phi) is 3.71. The molecule has 2 unspecified atom stereocenters. The minimum atomic E-state index is -0.551. The highest BCUT2D eigenvalue weighted by Crippen LogP contribution is 2.37. The monoisotopic (exact) mass is 309 g/mol. The second kappa shape index (κ2) is 5.39. The Morgan fingerprint density at radius 1 is 1.48 bits per heavy atom. The van der Waals surface area contributed by atoms with Crippen LogP contribution in [-0.2, 0) is 5.54 Å². The number of halogens is 2. The van der Waals surface area contributed by atoms with Crippen LogP contribution in [0.1, 0.15) is 38.4 Å². The summed E-state index contributed by atoms with van der Waals surface area (Å²) in [6.07, 6.45) is 3.90. The Hall–Kier alpha value is -1.46. The molecule has 0 amide bonds. The van der Waals surface area contributed by atoms with Crippen molar-refractivity contribution in [1.29, 1.82) is 0 Å². The first-order valence-electron chi connectivity index (χ1n) is 7.06. The highest BCUT2D eigenvalue weighted by Gasteiger charge is 2.37. The fraction of sp³-hybridized carbons (Fsp3) is 0.467. The highest BCUT2D eigenvalue weighted by atomic mass is 35.5. The first kappa shape index (κ1) is 14.5. The van der Waals surface area contributed by atoms with Crippen molar-refractivity contribution in [1.82, 2.24) is 10.1 Å². The van der Waals surface area contributed by atoms with Crippen LogP contribution in [0.25, 0.3) is 11.5 Å². The average molecular weight is 310 g/mol. The van der Waals surface area contributed by atoms with Crippen LogP contribution in [0.4, 0.5) is 4.39 Å². The zero-order valence-corrected chi connectivity index (χ0v) is 12.5. The summed E-state index contributed by atoms with van der Waals surface area (Å²) in [5, 5.41) is 4.07. The molecule has 2 N–H and O–H groups in total.